The van der Waals surface area contributed by atoms with E-state index in [-0.39, 0.29) is 11.0 Å². The van der Waals surface area contributed by atoms with Gasteiger partial charge in [-0.25, -0.2) is 4.39 Å². The largest absolute Gasteiger partial charge is 0.456 e. The summed E-state index contributed by atoms with van der Waals surface area (Å²) in [7, 11) is 0. The van der Waals surface area contributed by atoms with Gasteiger partial charge in [0.2, 0.25) is 5.43 Å². The van der Waals surface area contributed by atoms with Crippen LogP contribution < -0.4 is 5.43 Å². The van der Waals surface area contributed by atoms with Crippen LogP contribution in [0.3, 0.4) is 0 Å². The van der Waals surface area contributed by atoms with Gasteiger partial charge < -0.3 is 4.42 Å². The maximum Gasteiger partial charge on any atom is 0.201 e. The van der Waals surface area contributed by atoms with Gasteiger partial charge in [-0.2, -0.15) is 0 Å². The molecule has 0 bridgehead atoms. The van der Waals surface area contributed by atoms with Crippen LogP contribution in [0.4, 0.5) is 4.39 Å². The van der Waals surface area contributed by atoms with E-state index in [1.807, 2.05) is 31.2 Å². The number of fused-ring (bicyclic) bond motifs is 4. The van der Waals surface area contributed by atoms with Crippen molar-refractivity contribution in [3.8, 4) is 0 Å². The summed E-state index contributed by atoms with van der Waals surface area (Å²) in [5.74, 6) is -0.415. The molecule has 1 heterocycles. The third-order valence-electron chi connectivity index (χ3n) is 3.77. The highest BCUT2D eigenvalue weighted by Crippen LogP contribution is 2.27. The maximum atomic E-state index is 13.3. The van der Waals surface area contributed by atoms with Crippen molar-refractivity contribution in [3.63, 3.8) is 0 Å². The summed E-state index contributed by atoms with van der Waals surface area (Å²) < 4.78 is 19.0. The second-order valence-corrected chi connectivity index (χ2v) is 5.23. The highest BCUT2D eigenvalue weighted by atomic mass is 19.1. The van der Waals surface area contributed by atoms with Crippen LogP contribution in [0.2, 0.25) is 0 Å². The Kier molecular flexibility index (Phi) is 2.39. The second-order valence-electron chi connectivity index (χ2n) is 5.23. The molecule has 0 saturated heterocycles. The first-order chi connectivity index (χ1) is 10.1. The van der Waals surface area contributed by atoms with E-state index in [0.29, 0.717) is 16.4 Å². The fraction of sp³-hybridized carbons (Fsp3) is 0.0556. The Labute approximate surface area is 119 Å². The first kappa shape index (κ1) is 12.1. The van der Waals surface area contributed by atoms with Crippen LogP contribution in [0.25, 0.3) is 32.7 Å². The molecule has 0 aliphatic rings. The number of hydrogen-bond acceptors (Lipinski definition) is 2. The fourth-order valence-corrected chi connectivity index (χ4v) is 2.75. The molecular formula is C18H11FO2. The Morgan fingerprint density at radius 3 is 2.57 bits per heavy atom. The minimum absolute atomic E-state index is 0.123. The Morgan fingerprint density at radius 2 is 1.71 bits per heavy atom. The molecule has 0 aliphatic carbocycles. The van der Waals surface area contributed by atoms with Gasteiger partial charge >= 0.3 is 0 Å². The molecular weight excluding hydrogens is 267 g/mol. The van der Waals surface area contributed by atoms with Gasteiger partial charge in [-0.05, 0) is 35.9 Å². The van der Waals surface area contributed by atoms with Crippen molar-refractivity contribution in [2.24, 2.45) is 0 Å². The normalized spacial score (nSPS) is 11.5. The van der Waals surface area contributed by atoms with E-state index in [1.165, 1.54) is 18.2 Å². The third kappa shape index (κ3) is 1.74. The summed E-state index contributed by atoms with van der Waals surface area (Å²) in [6.07, 6.45) is 0. The fourth-order valence-electron chi connectivity index (χ4n) is 2.75. The molecule has 3 aromatic carbocycles. The molecule has 0 unspecified atom stereocenters. The first-order valence-corrected chi connectivity index (χ1v) is 6.69. The lowest BCUT2D eigenvalue weighted by Gasteiger charge is -2.06. The van der Waals surface area contributed by atoms with E-state index in [4.69, 9.17) is 4.42 Å². The Balaban J connectivity index is 2.31. The van der Waals surface area contributed by atoms with Crippen molar-refractivity contribution in [2.75, 3.05) is 0 Å². The average molecular weight is 278 g/mol. The predicted molar refractivity (Wildman–Crippen MR) is 82.2 cm³/mol. The lowest BCUT2D eigenvalue weighted by atomic mass is 10.0. The van der Waals surface area contributed by atoms with Crippen LogP contribution in [0.1, 0.15) is 5.56 Å². The molecule has 102 valence electrons. The van der Waals surface area contributed by atoms with E-state index in [0.717, 1.165) is 16.3 Å². The smallest absolute Gasteiger partial charge is 0.201 e. The van der Waals surface area contributed by atoms with Crippen LogP contribution in [0, 0.1) is 12.7 Å². The molecule has 0 saturated carbocycles. The van der Waals surface area contributed by atoms with Gasteiger partial charge in [-0.3, -0.25) is 4.79 Å². The molecule has 3 heteroatoms. The Bertz CT molecular complexity index is 1080. The quantitative estimate of drug-likeness (QED) is 0.349. The second kappa shape index (κ2) is 4.16. The molecule has 1 aromatic heterocycles. The van der Waals surface area contributed by atoms with Crippen molar-refractivity contribution >= 4 is 32.7 Å². The van der Waals surface area contributed by atoms with Crippen molar-refractivity contribution in [3.05, 3.63) is 70.1 Å². The molecule has 0 radical (unpaired) electrons. The summed E-state index contributed by atoms with van der Waals surface area (Å²) in [4.78, 5) is 12.7. The molecule has 0 fully saturated rings. The number of rotatable bonds is 0. The standard InChI is InChI=1S/C18H11FO2/c1-10-2-3-11-4-7-15-17(14(11)8-10)18(20)13-6-5-12(19)9-16(13)21-15/h2-9H,1H3. The van der Waals surface area contributed by atoms with Crippen LogP contribution in [0.5, 0.6) is 0 Å². The van der Waals surface area contributed by atoms with Crippen molar-refractivity contribution in [1.82, 2.24) is 0 Å². The topological polar surface area (TPSA) is 30.2 Å². The average Bonchev–Trinajstić information content (AvgIpc) is 2.46. The monoisotopic (exact) mass is 278 g/mol. The molecule has 0 atom stereocenters. The summed E-state index contributed by atoms with van der Waals surface area (Å²) in [6.45, 7) is 1.98. The molecule has 4 rings (SSSR count). The number of halogens is 1. The van der Waals surface area contributed by atoms with E-state index < -0.39 is 5.82 Å². The molecule has 0 amide bonds. The van der Waals surface area contributed by atoms with Crippen LogP contribution in [0.15, 0.2) is 57.7 Å². The molecule has 2 nitrogen and oxygen atoms in total. The van der Waals surface area contributed by atoms with E-state index in [2.05, 4.69) is 0 Å². The zero-order valence-electron chi connectivity index (χ0n) is 11.3. The predicted octanol–water partition coefficient (Wildman–Crippen LogP) is 4.55. The van der Waals surface area contributed by atoms with E-state index in [9.17, 15) is 9.18 Å². The molecule has 0 aliphatic heterocycles. The highest BCUT2D eigenvalue weighted by Gasteiger charge is 2.11. The number of hydrogen-bond donors (Lipinski definition) is 0. The molecule has 21 heavy (non-hydrogen) atoms. The highest BCUT2D eigenvalue weighted by molar-refractivity contribution is 6.08. The first-order valence-electron chi connectivity index (χ1n) is 6.69. The lowest BCUT2D eigenvalue weighted by Crippen LogP contribution is -2.03. The SMILES string of the molecule is Cc1ccc2ccc3oc4cc(F)ccc4c(=O)c3c2c1. The van der Waals surface area contributed by atoms with Gasteiger partial charge in [0.05, 0.1) is 10.8 Å². The lowest BCUT2D eigenvalue weighted by molar-refractivity contribution is 0.615. The Morgan fingerprint density at radius 1 is 0.905 bits per heavy atom. The van der Waals surface area contributed by atoms with Gasteiger partial charge in [-0.1, -0.05) is 29.8 Å². The molecule has 4 aromatic rings. The van der Waals surface area contributed by atoms with E-state index >= 15 is 0 Å². The zero-order valence-corrected chi connectivity index (χ0v) is 11.3. The number of aryl methyl sites for hydroxylation is 1. The summed E-state index contributed by atoms with van der Waals surface area (Å²) in [5, 5.41) is 2.81. The van der Waals surface area contributed by atoms with Gasteiger partial charge in [0.1, 0.15) is 17.0 Å². The van der Waals surface area contributed by atoms with Crippen LogP contribution in [-0.4, -0.2) is 0 Å². The van der Waals surface area contributed by atoms with Crippen molar-refractivity contribution in [1.29, 1.82) is 0 Å². The number of benzene rings is 3. The van der Waals surface area contributed by atoms with Gasteiger partial charge in [-0.15, -0.1) is 0 Å². The van der Waals surface area contributed by atoms with Gasteiger partial charge in [0.25, 0.3) is 0 Å². The van der Waals surface area contributed by atoms with Gasteiger partial charge in [0.15, 0.2) is 0 Å². The summed E-state index contributed by atoms with van der Waals surface area (Å²) >= 11 is 0. The van der Waals surface area contributed by atoms with Crippen LogP contribution >= 0.6 is 0 Å². The summed E-state index contributed by atoms with van der Waals surface area (Å²) in [5.41, 5.74) is 1.71. The minimum Gasteiger partial charge on any atom is -0.456 e. The van der Waals surface area contributed by atoms with Crippen molar-refractivity contribution < 1.29 is 8.81 Å². The van der Waals surface area contributed by atoms with Crippen LogP contribution in [-0.2, 0) is 0 Å². The van der Waals surface area contributed by atoms with Gasteiger partial charge in [0, 0.05) is 6.07 Å². The van der Waals surface area contributed by atoms with Crippen molar-refractivity contribution in [2.45, 2.75) is 6.92 Å². The minimum atomic E-state index is -0.415. The third-order valence-corrected chi connectivity index (χ3v) is 3.77. The Hall–Kier alpha value is -2.68. The maximum absolute atomic E-state index is 13.3. The summed E-state index contributed by atoms with van der Waals surface area (Å²) in [6, 6.07) is 13.6. The molecule has 0 N–H and O–H groups in total. The van der Waals surface area contributed by atoms with E-state index in [1.54, 1.807) is 6.07 Å². The molecule has 0 spiro atoms. The zero-order chi connectivity index (χ0) is 14.6.